The second-order valence-electron chi connectivity index (χ2n) is 3.75. The molecule has 0 radical (unpaired) electrons. The van der Waals surface area contributed by atoms with E-state index in [4.69, 9.17) is 22.7 Å². The Hall–Kier alpha value is -1.33. The maximum atomic E-state index is 5.43. The van der Waals surface area contributed by atoms with Crippen molar-refractivity contribution in [2.45, 2.75) is 6.54 Å². The molecule has 0 spiro atoms. The molecule has 0 amide bonds. The van der Waals surface area contributed by atoms with E-state index in [2.05, 4.69) is 10.2 Å². The topological polar surface area (TPSA) is 50.5 Å². The highest BCUT2D eigenvalue weighted by molar-refractivity contribution is 7.80. The van der Waals surface area contributed by atoms with Crippen LogP contribution in [0.5, 0.6) is 5.75 Å². The summed E-state index contributed by atoms with van der Waals surface area (Å²) in [6.07, 6.45) is 0. The van der Waals surface area contributed by atoms with Gasteiger partial charge in [-0.1, -0.05) is 0 Å². The quantitative estimate of drug-likeness (QED) is 0.778. The minimum atomic E-state index is 0.265. The number of methoxy groups -OCH3 is 1. The van der Waals surface area contributed by atoms with E-state index in [1.807, 2.05) is 32.3 Å². The lowest BCUT2D eigenvalue weighted by Crippen LogP contribution is -2.19. The zero-order chi connectivity index (χ0) is 12.1. The van der Waals surface area contributed by atoms with Gasteiger partial charge >= 0.3 is 0 Å². The monoisotopic (exact) mass is 239 g/mol. The molecule has 0 bridgehead atoms. The molecule has 1 rings (SSSR count). The molecule has 0 atom stereocenters. The zero-order valence-electron chi connectivity index (χ0n) is 9.78. The summed E-state index contributed by atoms with van der Waals surface area (Å²) in [4.78, 5) is 2.07. The molecule has 0 saturated heterocycles. The average Bonchev–Trinajstić information content (AvgIpc) is 2.16. The lowest BCUT2D eigenvalue weighted by molar-refractivity contribution is 0.372. The van der Waals surface area contributed by atoms with Crippen molar-refractivity contribution in [3.8, 4) is 5.75 Å². The predicted octanol–water partition coefficient (Wildman–Crippen LogP) is 1.41. The Morgan fingerprint density at radius 2 is 2.19 bits per heavy atom. The maximum absolute atomic E-state index is 5.43. The number of nitrogens with two attached hydrogens (primary N) is 1. The molecule has 88 valence electrons. The second kappa shape index (κ2) is 5.67. The third kappa shape index (κ3) is 3.67. The number of ether oxygens (including phenoxy) is 1. The summed E-state index contributed by atoms with van der Waals surface area (Å²) in [5.41, 5.74) is 7.40. The molecule has 1 aromatic rings. The van der Waals surface area contributed by atoms with Crippen LogP contribution in [0.15, 0.2) is 18.2 Å². The average molecular weight is 239 g/mol. The van der Waals surface area contributed by atoms with Crippen LogP contribution in [0.2, 0.25) is 0 Å². The van der Waals surface area contributed by atoms with Gasteiger partial charge in [-0.2, -0.15) is 0 Å². The second-order valence-corrected chi connectivity index (χ2v) is 4.19. The van der Waals surface area contributed by atoms with E-state index >= 15 is 0 Å². The van der Waals surface area contributed by atoms with Crippen molar-refractivity contribution in [1.29, 1.82) is 0 Å². The summed E-state index contributed by atoms with van der Waals surface area (Å²) in [6, 6.07) is 5.77. The van der Waals surface area contributed by atoms with Crippen LogP contribution in [-0.2, 0) is 6.54 Å². The summed E-state index contributed by atoms with van der Waals surface area (Å²) >= 11 is 4.79. The van der Waals surface area contributed by atoms with Crippen LogP contribution in [0.4, 0.5) is 5.69 Å². The van der Waals surface area contributed by atoms with Crippen LogP contribution < -0.4 is 15.8 Å². The molecule has 16 heavy (non-hydrogen) atoms. The van der Waals surface area contributed by atoms with Gasteiger partial charge in [0, 0.05) is 17.8 Å². The minimum absolute atomic E-state index is 0.265. The first-order chi connectivity index (χ1) is 7.52. The molecule has 3 N–H and O–H groups in total. The van der Waals surface area contributed by atoms with E-state index < -0.39 is 0 Å². The minimum Gasteiger partial charge on any atom is -0.496 e. The summed E-state index contributed by atoms with van der Waals surface area (Å²) in [6.45, 7) is 0.802. The van der Waals surface area contributed by atoms with Crippen molar-refractivity contribution in [3.63, 3.8) is 0 Å². The number of anilines is 1. The molecule has 0 aliphatic heterocycles. The number of benzene rings is 1. The van der Waals surface area contributed by atoms with Gasteiger partial charge in [0.25, 0.3) is 0 Å². The van der Waals surface area contributed by atoms with Crippen molar-refractivity contribution >= 4 is 23.0 Å². The predicted molar refractivity (Wildman–Crippen MR) is 70.8 cm³/mol. The molecule has 0 fully saturated rings. The van der Waals surface area contributed by atoms with E-state index in [9.17, 15) is 0 Å². The Bertz CT molecular complexity index is 379. The number of nitrogens with zero attached hydrogens (tertiary/aromatic N) is 1. The number of rotatable bonds is 4. The van der Waals surface area contributed by atoms with E-state index in [0.717, 1.165) is 23.5 Å². The summed E-state index contributed by atoms with van der Waals surface area (Å²) in [7, 11) is 5.68. The standard InChI is InChI=1S/C11H17N3OS/c1-14(2)7-8-6-9(13-11(12)16)4-5-10(8)15-3/h4-6H,7H2,1-3H3,(H3,12,13,16). The maximum Gasteiger partial charge on any atom is 0.168 e. The highest BCUT2D eigenvalue weighted by Gasteiger charge is 2.05. The van der Waals surface area contributed by atoms with E-state index in [1.54, 1.807) is 7.11 Å². The zero-order valence-corrected chi connectivity index (χ0v) is 10.6. The van der Waals surface area contributed by atoms with Crippen LogP contribution in [-0.4, -0.2) is 31.2 Å². The Morgan fingerprint density at radius 1 is 1.50 bits per heavy atom. The van der Waals surface area contributed by atoms with Crippen LogP contribution >= 0.6 is 12.2 Å². The molecular formula is C11H17N3OS. The van der Waals surface area contributed by atoms with Crippen LogP contribution in [0.25, 0.3) is 0 Å². The van der Waals surface area contributed by atoms with Crippen molar-refractivity contribution in [2.75, 3.05) is 26.5 Å². The molecule has 4 nitrogen and oxygen atoms in total. The summed E-state index contributed by atoms with van der Waals surface area (Å²) in [5, 5.41) is 3.17. The molecule has 0 unspecified atom stereocenters. The van der Waals surface area contributed by atoms with Crippen molar-refractivity contribution in [2.24, 2.45) is 5.73 Å². The van der Waals surface area contributed by atoms with E-state index in [0.29, 0.717) is 0 Å². The van der Waals surface area contributed by atoms with Crippen LogP contribution in [0.1, 0.15) is 5.56 Å². The molecular weight excluding hydrogens is 222 g/mol. The highest BCUT2D eigenvalue weighted by atomic mass is 32.1. The normalized spacial score (nSPS) is 10.2. The number of hydrogen-bond donors (Lipinski definition) is 2. The fraction of sp³-hybridized carbons (Fsp3) is 0.364. The van der Waals surface area contributed by atoms with Crippen molar-refractivity contribution in [1.82, 2.24) is 4.90 Å². The van der Waals surface area contributed by atoms with Crippen molar-refractivity contribution < 1.29 is 4.74 Å². The lowest BCUT2D eigenvalue weighted by atomic mass is 10.1. The van der Waals surface area contributed by atoms with Gasteiger partial charge in [-0.05, 0) is 44.5 Å². The molecule has 0 aliphatic carbocycles. The molecule has 1 aromatic carbocycles. The Morgan fingerprint density at radius 3 is 2.69 bits per heavy atom. The summed E-state index contributed by atoms with van der Waals surface area (Å²) in [5.74, 6) is 0.863. The molecule has 5 heteroatoms. The fourth-order valence-corrected chi connectivity index (χ4v) is 1.58. The Labute approximate surface area is 101 Å². The van der Waals surface area contributed by atoms with Gasteiger partial charge in [0.15, 0.2) is 5.11 Å². The Balaban J connectivity index is 2.96. The van der Waals surface area contributed by atoms with Gasteiger partial charge in [-0.15, -0.1) is 0 Å². The van der Waals surface area contributed by atoms with Gasteiger partial charge in [-0.25, -0.2) is 0 Å². The third-order valence-electron chi connectivity index (χ3n) is 2.03. The molecule has 0 heterocycles. The van der Waals surface area contributed by atoms with Gasteiger partial charge in [0.2, 0.25) is 0 Å². The first-order valence-corrected chi connectivity index (χ1v) is 5.32. The SMILES string of the molecule is COc1ccc(NC(N)=S)cc1CN(C)C. The number of hydrogen-bond acceptors (Lipinski definition) is 3. The van der Waals surface area contributed by atoms with Crippen LogP contribution in [0, 0.1) is 0 Å². The largest absolute Gasteiger partial charge is 0.496 e. The molecule has 0 saturated carbocycles. The van der Waals surface area contributed by atoms with Crippen LogP contribution in [0.3, 0.4) is 0 Å². The first kappa shape index (κ1) is 12.7. The van der Waals surface area contributed by atoms with E-state index in [-0.39, 0.29) is 5.11 Å². The van der Waals surface area contributed by atoms with Gasteiger partial charge < -0.3 is 20.7 Å². The number of thiocarbonyl (C=S) groups is 1. The third-order valence-corrected chi connectivity index (χ3v) is 2.14. The smallest absolute Gasteiger partial charge is 0.168 e. The molecule has 0 aromatic heterocycles. The Kier molecular flexibility index (Phi) is 4.52. The molecule has 0 aliphatic rings. The highest BCUT2D eigenvalue weighted by Crippen LogP contribution is 2.23. The lowest BCUT2D eigenvalue weighted by Gasteiger charge is -2.15. The fourth-order valence-electron chi connectivity index (χ4n) is 1.46. The summed E-state index contributed by atoms with van der Waals surface area (Å²) < 4.78 is 5.29. The number of nitrogens with one attached hydrogen (secondary N) is 1. The van der Waals surface area contributed by atoms with Gasteiger partial charge in [-0.3, -0.25) is 0 Å². The van der Waals surface area contributed by atoms with E-state index in [1.165, 1.54) is 0 Å². The van der Waals surface area contributed by atoms with Crippen molar-refractivity contribution in [3.05, 3.63) is 23.8 Å². The first-order valence-electron chi connectivity index (χ1n) is 4.91. The van der Waals surface area contributed by atoms with Gasteiger partial charge in [0.1, 0.15) is 5.75 Å². The van der Waals surface area contributed by atoms with Gasteiger partial charge in [0.05, 0.1) is 7.11 Å².